The summed E-state index contributed by atoms with van der Waals surface area (Å²) in [6, 6.07) is 4.91. The van der Waals surface area contributed by atoms with Crippen molar-refractivity contribution in [1.29, 1.82) is 0 Å². The van der Waals surface area contributed by atoms with E-state index in [-0.39, 0.29) is 34.6 Å². The van der Waals surface area contributed by atoms with Crippen molar-refractivity contribution in [2.75, 3.05) is 18.8 Å². The van der Waals surface area contributed by atoms with Crippen LogP contribution in [0.15, 0.2) is 29.3 Å². The lowest BCUT2D eigenvalue weighted by molar-refractivity contribution is -0.137. The van der Waals surface area contributed by atoms with Crippen molar-refractivity contribution >= 4 is 17.4 Å². The molecule has 3 rings (SSSR count). The molecule has 3 N–H and O–H groups in total. The van der Waals surface area contributed by atoms with Gasteiger partial charge in [-0.15, -0.1) is 0 Å². The van der Waals surface area contributed by atoms with Crippen LogP contribution >= 0.6 is 0 Å². The molecule has 1 aliphatic rings. The van der Waals surface area contributed by atoms with E-state index in [0.717, 1.165) is 12.5 Å². The van der Waals surface area contributed by atoms with E-state index >= 15 is 0 Å². The summed E-state index contributed by atoms with van der Waals surface area (Å²) in [5, 5.41) is 10.2. The lowest BCUT2D eigenvalue weighted by Crippen LogP contribution is -2.26. The van der Waals surface area contributed by atoms with E-state index in [0.29, 0.717) is 30.4 Å². The fourth-order valence-electron chi connectivity index (χ4n) is 3.66. The highest BCUT2D eigenvalue weighted by molar-refractivity contribution is 6.02. The predicted molar refractivity (Wildman–Crippen MR) is 108 cm³/mol. The summed E-state index contributed by atoms with van der Waals surface area (Å²) in [4.78, 5) is 22.1. The number of aliphatic imine (C=N–C) groups is 1. The Morgan fingerprint density at radius 3 is 2.53 bits per heavy atom. The van der Waals surface area contributed by atoms with Crippen LogP contribution < -0.4 is 5.73 Å². The molecule has 1 aliphatic heterocycles. The number of carbonyl (C=O) groups is 1. The Hall–Kier alpha value is -3.10. The minimum Gasteiger partial charge on any atom is -0.507 e. The normalized spacial score (nSPS) is 17.5. The predicted octanol–water partition coefficient (Wildman–Crippen LogP) is 3.79. The van der Waals surface area contributed by atoms with Gasteiger partial charge in [-0.25, -0.2) is 4.98 Å². The van der Waals surface area contributed by atoms with Crippen molar-refractivity contribution in [2.45, 2.75) is 39.4 Å². The number of rotatable bonds is 3. The molecule has 160 valence electrons. The zero-order valence-electron chi connectivity index (χ0n) is 16.9. The van der Waals surface area contributed by atoms with Crippen molar-refractivity contribution in [3.05, 3.63) is 41.0 Å². The first kappa shape index (κ1) is 21.6. The zero-order chi connectivity index (χ0) is 22.2. The minimum absolute atomic E-state index is 0.0163. The molecule has 1 fully saturated rings. The highest BCUT2D eigenvalue weighted by Gasteiger charge is 2.32. The molecule has 0 bridgehead atoms. The largest absolute Gasteiger partial charge is 0.507 e. The van der Waals surface area contributed by atoms with E-state index in [9.17, 15) is 23.1 Å². The van der Waals surface area contributed by atoms with Crippen LogP contribution in [0.1, 0.15) is 37.0 Å². The number of amides is 1. The van der Waals surface area contributed by atoms with Crippen molar-refractivity contribution in [3.8, 4) is 17.0 Å². The molecule has 1 saturated heterocycles. The van der Waals surface area contributed by atoms with E-state index in [1.165, 1.54) is 13.8 Å². The Balaban J connectivity index is 1.89. The van der Waals surface area contributed by atoms with Gasteiger partial charge in [-0.3, -0.25) is 9.79 Å². The number of hydrogen-bond donors (Lipinski definition) is 2. The lowest BCUT2D eigenvalue weighted by Gasteiger charge is -2.15. The van der Waals surface area contributed by atoms with Crippen LogP contribution in [0.3, 0.4) is 0 Å². The van der Waals surface area contributed by atoms with Gasteiger partial charge in [0.25, 0.3) is 0 Å². The molecular weight excluding hydrogens is 397 g/mol. The van der Waals surface area contributed by atoms with Crippen LogP contribution in [-0.2, 0) is 11.0 Å². The number of hydrogen-bond acceptors (Lipinski definition) is 5. The third-order valence-corrected chi connectivity index (χ3v) is 5.20. The number of likely N-dealkylation sites (tertiary alicyclic amines) is 1. The highest BCUT2D eigenvalue weighted by atomic mass is 19.4. The fourth-order valence-corrected chi connectivity index (χ4v) is 3.66. The Kier molecular flexibility index (Phi) is 5.74. The summed E-state index contributed by atoms with van der Waals surface area (Å²) in [6.45, 7) is 6.01. The summed E-state index contributed by atoms with van der Waals surface area (Å²) in [6.07, 6.45) is -3.79. The number of nitrogen functional groups attached to an aromatic ring is 1. The topological polar surface area (TPSA) is 91.8 Å². The van der Waals surface area contributed by atoms with E-state index in [2.05, 4.69) is 9.98 Å². The zero-order valence-corrected chi connectivity index (χ0v) is 16.9. The molecule has 0 spiro atoms. The van der Waals surface area contributed by atoms with Crippen molar-refractivity contribution in [1.82, 2.24) is 9.88 Å². The smallest absolute Gasteiger partial charge is 0.416 e. The monoisotopic (exact) mass is 420 g/mol. The lowest BCUT2D eigenvalue weighted by atomic mass is 9.99. The van der Waals surface area contributed by atoms with E-state index in [1.54, 1.807) is 24.0 Å². The van der Waals surface area contributed by atoms with Gasteiger partial charge in [0, 0.05) is 36.9 Å². The molecule has 0 aliphatic carbocycles. The second-order valence-corrected chi connectivity index (χ2v) is 7.44. The standard InChI is InChI=1S/C21H23F3N4O2/c1-11-8-14(21(22,23)24)9-18(30)19(11)17-5-4-16(20(25)27-17)12(2)26-15-6-7-28(10-15)13(3)29/h4-5,8-9,15,30H,6-7,10H2,1-3H3,(H2,25,27)/t15-/m0/s1. The van der Waals surface area contributed by atoms with Crippen molar-refractivity contribution < 1.29 is 23.1 Å². The quantitative estimate of drug-likeness (QED) is 0.739. The molecule has 2 heterocycles. The van der Waals surface area contributed by atoms with Gasteiger partial charge in [0.1, 0.15) is 11.6 Å². The third kappa shape index (κ3) is 4.39. The number of aromatic nitrogens is 1. The summed E-state index contributed by atoms with van der Waals surface area (Å²) >= 11 is 0. The summed E-state index contributed by atoms with van der Waals surface area (Å²) < 4.78 is 38.8. The number of aromatic hydroxyl groups is 1. The molecule has 2 aromatic rings. The van der Waals surface area contributed by atoms with Gasteiger partial charge < -0.3 is 15.7 Å². The fraction of sp³-hybridized carbons (Fsp3) is 0.381. The molecule has 6 nitrogen and oxygen atoms in total. The first-order valence-electron chi connectivity index (χ1n) is 9.45. The van der Waals surface area contributed by atoms with Gasteiger partial charge in [-0.2, -0.15) is 13.2 Å². The van der Waals surface area contributed by atoms with Crippen LogP contribution in [0.4, 0.5) is 19.0 Å². The van der Waals surface area contributed by atoms with Gasteiger partial charge in [-0.05, 0) is 50.1 Å². The average Bonchev–Trinajstić information content (AvgIpc) is 3.09. The Morgan fingerprint density at radius 1 is 1.30 bits per heavy atom. The summed E-state index contributed by atoms with van der Waals surface area (Å²) in [7, 11) is 0. The number of aryl methyl sites for hydroxylation is 1. The Labute approximate surface area is 172 Å². The number of nitrogens with zero attached hydrogens (tertiary/aromatic N) is 3. The molecule has 1 atom stereocenters. The number of alkyl halides is 3. The number of phenolic OH excluding ortho intramolecular Hbond substituents is 1. The number of benzene rings is 1. The summed E-state index contributed by atoms with van der Waals surface area (Å²) in [5.74, 6) is -0.334. The number of carbonyl (C=O) groups excluding carboxylic acids is 1. The SMILES string of the molecule is CC(=O)N1CC[C@H](N=C(C)c2ccc(-c3c(C)cc(C(F)(F)F)cc3O)nc2N)C1. The Bertz CT molecular complexity index is 995. The van der Waals surface area contributed by atoms with Gasteiger partial charge in [-0.1, -0.05) is 0 Å². The third-order valence-electron chi connectivity index (χ3n) is 5.20. The van der Waals surface area contributed by atoms with Crippen LogP contribution in [0.2, 0.25) is 0 Å². The average molecular weight is 420 g/mol. The number of halogens is 3. The molecule has 1 amide bonds. The van der Waals surface area contributed by atoms with Crippen LogP contribution in [0.5, 0.6) is 5.75 Å². The first-order chi connectivity index (χ1) is 14.0. The first-order valence-corrected chi connectivity index (χ1v) is 9.45. The second kappa shape index (κ2) is 7.97. The van der Waals surface area contributed by atoms with E-state index in [1.807, 2.05) is 0 Å². The minimum atomic E-state index is -4.55. The molecule has 0 unspecified atom stereocenters. The molecule has 9 heteroatoms. The van der Waals surface area contributed by atoms with Crippen LogP contribution in [-0.4, -0.2) is 45.7 Å². The van der Waals surface area contributed by atoms with Gasteiger partial charge >= 0.3 is 6.18 Å². The Morgan fingerprint density at radius 2 is 2.00 bits per heavy atom. The van der Waals surface area contributed by atoms with Gasteiger partial charge in [0.15, 0.2) is 0 Å². The number of pyridine rings is 1. The van der Waals surface area contributed by atoms with Crippen molar-refractivity contribution in [3.63, 3.8) is 0 Å². The molecular formula is C21H23F3N4O2. The molecule has 1 aromatic heterocycles. The van der Waals surface area contributed by atoms with Crippen molar-refractivity contribution in [2.24, 2.45) is 4.99 Å². The van der Waals surface area contributed by atoms with E-state index < -0.39 is 17.5 Å². The molecule has 1 aromatic carbocycles. The van der Waals surface area contributed by atoms with Gasteiger partial charge in [0.2, 0.25) is 5.91 Å². The number of anilines is 1. The maximum atomic E-state index is 12.9. The van der Waals surface area contributed by atoms with E-state index in [4.69, 9.17) is 5.73 Å². The molecule has 30 heavy (non-hydrogen) atoms. The maximum Gasteiger partial charge on any atom is 0.416 e. The number of phenols is 1. The number of nitrogens with two attached hydrogens (primary N) is 1. The second-order valence-electron chi connectivity index (χ2n) is 7.44. The summed E-state index contributed by atoms with van der Waals surface area (Å²) in [5.41, 5.74) is 7.14. The highest BCUT2D eigenvalue weighted by Crippen LogP contribution is 2.38. The maximum absolute atomic E-state index is 12.9. The molecule has 0 saturated carbocycles. The van der Waals surface area contributed by atoms with Crippen LogP contribution in [0, 0.1) is 6.92 Å². The van der Waals surface area contributed by atoms with Gasteiger partial charge in [0.05, 0.1) is 17.3 Å². The van der Waals surface area contributed by atoms with Crippen LogP contribution in [0.25, 0.3) is 11.3 Å². The molecule has 0 radical (unpaired) electrons.